The summed E-state index contributed by atoms with van der Waals surface area (Å²) in [7, 11) is -3.41. The number of rotatable bonds is 52. The van der Waals surface area contributed by atoms with E-state index in [2.05, 4.69) is 19.2 Å². The number of esters is 2. The number of aliphatic hydroxyl groups is 4. The first-order valence-electron chi connectivity index (χ1n) is 31.4. The molecule has 0 aromatic heterocycles. The molecule has 1 aliphatic heterocycles. The van der Waals surface area contributed by atoms with Crippen molar-refractivity contribution in [1.29, 1.82) is 0 Å². The van der Waals surface area contributed by atoms with E-state index in [9.17, 15) is 68.6 Å². The number of aliphatic hydroxyl groups excluding tert-OH is 4. The Hall–Kier alpha value is -3.85. The third-order valence-electron chi connectivity index (χ3n) is 16.0. The average molecular weight is 1240 g/mol. The van der Waals surface area contributed by atoms with Crippen molar-refractivity contribution >= 4 is 49.7 Å². The van der Waals surface area contributed by atoms with E-state index >= 15 is 0 Å². The van der Waals surface area contributed by atoms with Crippen LogP contribution in [0.2, 0.25) is 0 Å². The van der Waals surface area contributed by atoms with Gasteiger partial charge in [-0.05, 0) is 40.0 Å². The molecule has 1 rings (SSSR count). The fourth-order valence-electron chi connectivity index (χ4n) is 10.5. The molecule has 494 valence electrons. The van der Waals surface area contributed by atoms with Crippen LogP contribution in [0, 0.1) is 0 Å². The molecule has 1 heterocycles. The number of nitrogens with zero attached hydrogens (tertiary/aromatic N) is 1. The fourth-order valence-corrected chi connectivity index (χ4v) is 10.9. The predicted octanol–water partition coefficient (Wildman–Crippen LogP) is 5.03. The maximum atomic E-state index is 14.9. The van der Waals surface area contributed by atoms with Gasteiger partial charge in [0.1, 0.15) is 36.0 Å². The number of ketones is 1. The van der Waals surface area contributed by atoms with E-state index < -0.39 is 167 Å². The zero-order valence-corrected chi connectivity index (χ0v) is 52.6. The van der Waals surface area contributed by atoms with Gasteiger partial charge in [-0.1, -0.05) is 168 Å². The van der Waals surface area contributed by atoms with Gasteiger partial charge in [-0.25, -0.2) is 4.79 Å². The summed E-state index contributed by atoms with van der Waals surface area (Å²) in [5, 5.41) is 54.5. The van der Waals surface area contributed by atoms with Crippen LogP contribution in [0.1, 0.15) is 234 Å². The van der Waals surface area contributed by atoms with Crippen molar-refractivity contribution in [2.45, 2.75) is 306 Å². The van der Waals surface area contributed by atoms with E-state index in [4.69, 9.17) is 46.4 Å². The third-order valence-corrected chi connectivity index (χ3v) is 16.5. The summed E-state index contributed by atoms with van der Waals surface area (Å²) in [5.41, 5.74) is 19.4. The Balaban J connectivity index is 3.54. The van der Waals surface area contributed by atoms with Crippen LogP contribution < -0.4 is 28.3 Å². The number of aliphatic carboxylic acids is 1. The van der Waals surface area contributed by atoms with Crippen molar-refractivity contribution in [2.24, 2.45) is 22.9 Å². The summed E-state index contributed by atoms with van der Waals surface area (Å²) in [4.78, 5) is 106. The molecule has 26 heteroatoms. The molecule has 85 heavy (non-hydrogen) atoms. The smallest absolute Gasteiger partial charge is 0.479 e. The summed E-state index contributed by atoms with van der Waals surface area (Å²) >= 11 is 0. The Bertz CT molecular complexity index is 1950. The second kappa shape index (κ2) is 44.6. The summed E-state index contributed by atoms with van der Waals surface area (Å²) in [5.74, 6) is -8.29. The highest BCUT2D eigenvalue weighted by Crippen LogP contribution is 2.31. The quantitative estimate of drug-likeness (QED) is 0.0165. The number of carboxylic acid groups (broad SMARTS) is 1. The molecule has 3 amide bonds. The normalized spacial score (nSPS) is 20.4. The fraction of sp³-hybridized carbons (Fsp3) is 0.881. The van der Waals surface area contributed by atoms with Crippen molar-refractivity contribution in [1.82, 2.24) is 10.2 Å². The summed E-state index contributed by atoms with van der Waals surface area (Å²) in [6.45, 7) is 4.52. The van der Waals surface area contributed by atoms with Gasteiger partial charge in [-0.3, -0.25) is 28.8 Å². The molecule has 0 radical (unpaired) electrons. The van der Waals surface area contributed by atoms with Gasteiger partial charge >= 0.3 is 26.2 Å². The number of nitrogens with two attached hydrogens (primary N) is 4. The molecule has 25 nitrogen and oxygen atoms in total. The van der Waals surface area contributed by atoms with Gasteiger partial charge < -0.3 is 77.6 Å². The van der Waals surface area contributed by atoms with Crippen LogP contribution in [0.4, 0.5) is 0 Å². The Kier molecular flexibility index (Phi) is 41.5. The molecule has 1 aliphatic rings. The number of carbonyl (C=O) groups is 7. The minimum atomic E-state index is -3.41. The van der Waals surface area contributed by atoms with Gasteiger partial charge in [0.2, 0.25) is 17.7 Å². The first kappa shape index (κ1) is 79.2. The second-order valence-corrected chi connectivity index (χ2v) is 23.9. The molecule has 0 aliphatic carbocycles. The number of primary amides is 1. The van der Waals surface area contributed by atoms with Crippen LogP contribution in [0.3, 0.4) is 0 Å². The van der Waals surface area contributed by atoms with Crippen molar-refractivity contribution in [3.63, 3.8) is 0 Å². The minimum Gasteiger partial charge on any atom is -0.479 e. The maximum absolute atomic E-state index is 14.9. The zero-order valence-electron chi connectivity index (χ0n) is 51.7. The highest BCUT2D eigenvalue weighted by atomic mass is 31.1. The molecule has 13 atom stereocenters. The molecule has 0 saturated carbocycles. The molecule has 1 saturated heterocycles. The van der Waals surface area contributed by atoms with E-state index in [1.54, 1.807) is 0 Å². The first-order chi connectivity index (χ1) is 40.4. The molecular weight excluding hydrogens is 1130 g/mol. The predicted molar refractivity (Wildman–Crippen MR) is 318 cm³/mol. The second-order valence-electron chi connectivity index (χ2n) is 23.2. The number of hydrogen-bond donors (Lipinski definition) is 11. The lowest BCUT2D eigenvalue weighted by Gasteiger charge is -2.43. The first-order valence-corrected chi connectivity index (χ1v) is 32.5. The van der Waals surface area contributed by atoms with Crippen molar-refractivity contribution < 1.29 is 92.0 Å². The highest BCUT2D eigenvalue weighted by Gasteiger charge is 2.54. The lowest BCUT2D eigenvalue weighted by atomic mass is 9.82. The number of hydrogen-bond acceptors (Lipinski definition) is 20. The van der Waals surface area contributed by atoms with Gasteiger partial charge in [0.25, 0.3) is 0 Å². The van der Waals surface area contributed by atoms with Gasteiger partial charge in [-0.2, -0.15) is 0 Å². The molecule has 0 aromatic carbocycles. The monoisotopic (exact) mass is 1240 g/mol. The number of carboxylic acids is 1. The van der Waals surface area contributed by atoms with Crippen molar-refractivity contribution in [3.05, 3.63) is 0 Å². The Morgan fingerprint density at radius 3 is 1.56 bits per heavy atom. The number of nitrogens with one attached hydrogen (secondary N) is 1. The zero-order chi connectivity index (χ0) is 64.0. The molecule has 0 bridgehead atoms. The summed E-state index contributed by atoms with van der Waals surface area (Å²) in [6.07, 6.45) is 11.5. The number of carbonyl (C=O) groups excluding carboxylic acids is 6. The topological polar surface area (TPSA) is 423 Å². The largest absolute Gasteiger partial charge is 0.695 e. The third kappa shape index (κ3) is 29.8. The van der Waals surface area contributed by atoms with E-state index in [1.807, 2.05) is 0 Å². The van der Waals surface area contributed by atoms with Crippen LogP contribution >= 0.6 is 8.25 Å². The molecule has 1 fully saturated rings. The summed E-state index contributed by atoms with van der Waals surface area (Å²) in [6, 6.07) is -3.26. The van der Waals surface area contributed by atoms with Gasteiger partial charge in [0.15, 0.2) is 29.8 Å². The Labute approximate surface area is 505 Å². The molecular formula is C59H110N6O19P+. The Morgan fingerprint density at radius 2 is 1.18 bits per heavy atom. The van der Waals surface area contributed by atoms with Gasteiger partial charge in [0, 0.05) is 43.3 Å². The van der Waals surface area contributed by atoms with Gasteiger partial charge in [-0.15, -0.1) is 9.42 Å². The molecule has 4 unspecified atom stereocenters. The SMILES string of the molecule is CCCCCCCCCCCCCCCC(=O)OC([C@H](CO)OC(=O)CCCCCCCCCCCCCCC)[C@](N)(CC(CN)O[P+](=O)O)C(=O)N[C@H](CCC(=O)N(CC(C)O[C@@H]1[C@@H](N)[C@@H](O)O[C@H](CO)[C@H]1O)[C@](C)(C(C)=O)C(=O)O)C(N)=O. The highest BCUT2D eigenvalue weighted by molar-refractivity contribution is 7.32. The van der Waals surface area contributed by atoms with Crippen molar-refractivity contribution in [2.75, 3.05) is 26.3 Å². The van der Waals surface area contributed by atoms with Crippen LogP contribution in [-0.2, 0) is 61.6 Å². The number of unbranched alkanes of at least 4 members (excludes halogenated alkanes) is 24. The van der Waals surface area contributed by atoms with E-state index in [0.29, 0.717) is 30.6 Å². The van der Waals surface area contributed by atoms with Crippen LogP contribution in [-0.4, -0.2) is 175 Å². The molecule has 15 N–H and O–H groups in total. The summed E-state index contributed by atoms with van der Waals surface area (Å²) < 4.78 is 39.8. The van der Waals surface area contributed by atoms with Crippen LogP contribution in [0.25, 0.3) is 0 Å². The van der Waals surface area contributed by atoms with Crippen LogP contribution in [0.5, 0.6) is 0 Å². The van der Waals surface area contributed by atoms with Crippen molar-refractivity contribution in [3.8, 4) is 0 Å². The minimum absolute atomic E-state index is 0.125. The maximum Gasteiger partial charge on any atom is 0.695 e. The standard InChI is InChI=1S/C59H109N6O19P/c1-6-8-10-12-14-16-18-20-22-24-26-28-30-32-48(70)81-46(40-67)53(83-49(71)33-31-29-27-25-23-21-19-17-15-13-11-9-7-2)59(63,36-43(37-60)84-85(78)79)56(75)64-44(54(62)73)34-35-47(69)65(58(5,42(4)68)57(76)77)38-41(3)80-52-50(61)55(74)82-45(39-66)51(52)72/h41,43-46,50-53,55,66-67,72,74H,6-40,60-61,63H2,1-5H3,(H4-,62,64,73,75,76,77,78,79)/p+1/t41?,43?,44-,45-,46+,50-,51-,52-,53?,55+,58-,59-/m1/s1. The van der Waals surface area contributed by atoms with E-state index in [0.717, 1.165) is 71.6 Å². The Morgan fingerprint density at radius 1 is 0.729 bits per heavy atom. The molecule has 0 spiro atoms. The lowest BCUT2D eigenvalue weighted by Crippen LogP contribution is -2.69. The van der Waals surface area contributed by atoms with E-state index in [1.165, 1.54) is 90.4 Å². The number of ether oxygens (including phenoxy) is 4. The number of Topliss-reactive ketones (excluding diaryl/α,β-unsaturated/α-hetero) is 1. The molecule has 0 aromatic rings. The average Bonchev–Trinajstić information content (AvgIpc) is 2.57. The number of amides is 3. The van der Waals surface area contributed by atoms with Crippen LogP contribution in [0.15, 0.2) is 0 Å². The van der Waals surface area contributed by atoms with E-state index in [-0.39, 0.29) is 12.8 Å². The lowest BCUT2D eigenvalue weighted by molar-refractivity contribution is -0.263. The van der Waals surface area contributed by atoms with Gasteiger partial charge in [0.05, 0.1) is 25.4 Å².